The third-order valence-electron chi connectivity index (χ3n) is 4.26. The molecule has 1 aromatic heterocycles. The number of carbonyl (C=O) groups excluding carboxylic acids is 2. The van der Waals surface area contributed by atoms with E-state index in [2.05, 4.69) is 10.3 Å². The summed E-state index contributed by atoms with van der Waals surface area (Å²) in [6, 6.07) is 16.7. The molecule has 5 nitrogen and oxygen atoms in total. The molecule has 4 rings (SSSR count). The van der Waals surface area contributed by atoms with Gasteiger partial charge in [0.05, 0.1) is 16.8 Å². The van der Waals surface area contributed by atoms with E-state index in [-0.39, 0.29) is 18.5 Å². The fraction of sp³-hybridized carbons (Fsp3) is 0.167. The summed E-state index contributed by atoms with van der Waals surface area (Å²) >= 11 is 1.50. The zero-order chi connectivity index (χ0) is 16.7. The van der Waals surface area contributed by atoms with Crippen molar-refractivity contribution in [2.45, 2.75) is 19.0 Å². The van der Waals surface area contributed by atoms with E-state index < -0.39 is 5.54 Å². The molecule has 120 valence electrons. The summed E-state index contributed by atoms with van der Waals surface area (Å²) in [6.45, 7) is 1.92. The number of rotatable bonds is 3. The van der Waals surface area contributed by atoms with Crippen LogP contribution < -0.4 is 5.32 Å². The number of nitrogens with zero attached hydrogens (tertiary/aromatic N) is 2. The Morgan fingerprint density at radius 3 is 2.54 bits per heavy atom. The number of urea groups is 1. The van der Waals surface area contributed by atoms with Crippen molar-refractivity contribution >= 4 is 33.5 Å². The van der Waals surface area contributed by atoms with Gasteiger partial charge in [-0.1, -0.05) is 42.5 Å². The molecule has 3 aromatic rings. The lowest BCUT2D eigenvalue weighted by atomic mass is 9.92. The smallest absolute Gasteiger partial charge is 0.319 e. The average molecular weight is 337 g/mol. The van der Waals surface area contributed by atoms with E-state index in [4.69, 9.17) is 0 Å². The van der Waals surface area contributed by atoms with Gasteiger partial charge in [-0.15, -0.1) is 11.3 Å². The van der Waals surface area contributed by atoms with E-state index in [1.54, 1.807) is 6.92 Å². The highest BCUT2D eigenvalue weighted by molar-refractivity contribution is 7.18. The number of carbonyl (C=O) groups is 2. The molecule has 0 spiro atoms. The molecular weight excluding hydrogens is 322 g/mol. The van der Waals surface area contributed by atoms with Gasteiger partial charge in [0.25, 0.3) is 5.91 Å². The molecule has 1 fully saturated rings. The number of benzene rings is 2. The quantitative estimate of drug-likeness (QED) is 0.746. The first-order valence-corrected chi connectivity index (χ1v) is 8.44. The number of nitrogens with one attached hydrogen (secondary N) is 1. The number of para-hydroxylation sites is 1. The largest absolute Gasteiger partial charge is 0.325 e. The molecule has 1 aliphatic heterocycles. The van der Waals surface area contributed by atoms with Crippen molar-refractivity contribution in [2.24, 2.45) is 0 Å². The van der Waals surface area contributed by atoms with Crippen LogP contribution in [0.25, 0.3) is 10.2 Å². The molecule has 2 aromatic carbocycles. The maximum absolute atomic E-state index is 12.9. The van der Waals surface area contributed by atoms with Crippen molar-refractivity contribution < 1.29 is 9.59 Å². The molecule has 1 N–H and O–H groups in total. The maximum atomic E-state index is 12.9. The Morgan fingerprint density at radius 1 is 1.08 bits per heavy atom. The third-order valence-corrected chi connectivity index (χ3v) is 5.28. The first-order chi connectivity index (χ1) is 11.6. The normalized spacial score (nSPS) is 20.6. The van der Waals surface area contributed by atoms with Crippen LogP contribution in [-0.2, 0) is 16.9 Å². The standard InChI is InChI=1S/C18H15N3O2S/c1-18(12-7-3-2-4-8-12)16(22)21(17(23)20-18)11-15-19-13-9-5-6-10-14(13)24-15/h2-10H,11H2,1H3,(H,20,23)/t18-/m0/s1. The zero-order valence-corrected chi connectivity index (χ0v) is 13.8. The molecule has 0 bridgehead atoms. The number of thiazole rings is 1. The van der Waals surface area contributed by atoms with Crippen LogP contribution in [0.15, 0.2) is 54.6 Å². The summed E-state index contributed by atoms with van der Waals surface area (Å²) in [7, 11) is 0. The summed E-state index contributed by atoms with van der Waals surface area (Å²) in [4.78, 5) is 31.0. The van der Waals surface area contributed by atoms with Gasteiger partial charge in [0, 0.05) is 0 Å². The minimum atomic E-state index is -1.03. The number of imide groups is 1. The highest BCUT2D eigenvalue weighted by Gasteiger charge is 2.49. The second kappa shape index (κ2) is 5.42. The second-order valence-electron chi connectivity index (χ2n) is 5.89. The van der Waals surface area contributed by atoms with E-state index in [0.29, 0.717) is 0 Å². The summed E-state index contributed by atoms with van der Waals surface area (Å²) in [5.41, 5.74) is 0.625. The Labute approximate surface area is 142 Å². The maximum Gasteiger partial charge on any atom is 0.325 e. The molecule has 6 heteroatoms. The van der Waals surface area contributed by atoms with Crippen LogP contribution in [0.2, 0.25) is 0 Å². The van der Waals surface area contributed by atoms with Gasteiger partial charge >= 0.3 is 6.03 Å². The van der Waals surface area contributed by atoms with Gasteiger partial charge in [0.2, 0.25) is 0 Å². The Morgan fingerprint density at radius 2 is 1.79 bits per heavy atom. The van der Waals surface area contributed by atoms with E-state index in [1.807, 2.05) is 54.6 Å². The lowest BCUT2D eigenvalue weighted by Crippen LogP contribution is -2.40. The number of aromatic nitrogens is 1. The topological polar surface area (TPSA) is 62.3 Å². The predicted octanol–water partition coefficient (Wildman–Crippen LogP) is 3.26. The Hall–Kier alpha value is -2.73. The van der Waals surface area contributed by atoms with E-state index >= 15 is 0 Å². The Balaban J connectivity index is 1.64. The average Bonchev–Trinajstić information content (AvgIpc) is 3.10. The predicted molar refractivity (Wildman–Crippen MR) is 92.5 cm³/mol. The van der Waals surface area contributed by atoms with Crippen molar-refractivity contribution in [2.75, 3.05) is 0 Å². The monoisotopic (exact) mass is 337 g/mol. The fourth-order valence-corrected chi connectivity index (χ4v) is 3.89. The van der Waals surface area contributed by atoms with Crippen LogP contribution in [0.3, 0.4) is 0 Å². The van der Waals surface area contributed by atoms with E-state index in [0.717, 1.165) is 20.8 Å². The van der Waals surface area contributed by atoms with Crippen molar-refractivity contribution in [3.63, 3.8) is 0 Å². The summed E-state index contributed by atoms with van der Waals surface area (Å²) in [5.74, 6) is -0.252. The summed E-state index contributed by atoms with van der Waals surface area (Å²) in [5, 5.41) is 3.56. The number of amides is 3. The molecule has 0 radical (unpaired) electrons. The van der Waals surface area contributed by atoms with Gasteiger partial charge in [-0.2, -0.15) is 0 Å². The molecule has 0 unspecified atom stereocenters. The molecular formula is C18H15N3O2S. The zero-order valence-electron chi connectivity index (χ0n) is 13.0. The van der Waals surface area contributed by atoms with Crippen LogP contribution in [-0.4, -0.2) is 21.8 Å². The van der Waals surface area contributed by atoms with Crippen molar-refractivity contribution in [3.05, 3.63) is 65.2 Å². The van der Waals surface area contributed by atoms with Gasteiger partial charge in [0.15, 0.2) is 0 Å². The van der Waals surface area contributed by atoms with Gasteiger partial charge in [0.1, 0.15) is 10.5 Å². The fourth-order valence-electron chi connectivity index (χ4n) is 2.93. The summed E-state index contributed by atoms with van der Waals surface area (Å²) in [6.07, 6.45) is 0. The van der Waals surface area contributed by atoms with Crippen LogP contribution in [0.1, 0.15) is 17.5 Å². The van der Waals surface area contributed by atoms with E-state index in [1.165, 1.54) is 16.2 Å². The molecule has 1 saturated heterocycles. The van der Waals surface area contributed by atoms with Crippen molar-refractivity contribution in [1.82, 2.24) is 15.2 Å². The minimum absolute atomic E-state index is 0.187. The Bertz CT molecular complexity index is 905. The van der Waals surface area contributed by atoms with Crippen molar-refractivity contribution in [1.29, 1.82) is 0 Å². The Kier molecular flexibility index (Phi) is 3.35. The van der Waals surface area contributed by atoms with Crippen LogP contribution in [0.4, 0.5) is 4.79 Å². The molecule has 1 aliphatic rings. The third kappa shape index (κ3) is 2.27. The highest BCUT2D eigenvalue weighted by atomic mass is 32.1. The lowest BCUT2D eigenvalue weighted by Gasteiger charge is -2.21. The second-order valence-corrected chi connectivity index (χ2v) is 7.00. The van der Waals surface area contributed by atoms with Gasteiger partial charge in [-0.3, -0.25) is 9.69 Å². The van der Waals surface area contributed by atoms with Gasteiger partial charge in [-0.05, 0) is 24.6 Å². The molecule has 2 heterocycles. The highest BCUT2D eigenvalue weighted by Crippen LogP contribution is 2.31. The molecule has 24 heavy (non-hydrogen) atoms. The van der Waals surface area contributed by atoms with E-state index in [9.17, 15) is 9.59 Å². The van der Waals surface area contributed by atoms with Gasteiger partial charge < -0.3 is 5.32 Å². The van der Waals surface area contributed by atoms with Crippen LogP contribution in [0, 0.1) is 0 Å². The van der Waals surface area contributed by atoms with Gasteiger partial charge in [-0.25, -0.2) is 9.78 Å². The van der Waals surface area contributed by atoms with Crippen LogP contribution >= 0.6 is 11.3 Å². The number of fused-ring (bicyclic) bond motifs is 1. The first-order valence-electron chi connectivity index (χ1n) is 7.62. The lowest BCUT2D eigenvalue weighted by molar-refractivity contribution is -0.131. The molecule has 3 amide bonds. The SMILES string of the molecule is C[C@@]1(c2ccccc2)NC(=O)N(Cc2nc3ccccc3s2)C1=O. The minimum Gasteiger partial charge on any atom is -0.319 e. The number of hydrogen-bond donors (Lipinski definition) is 1. The first kappa shape index (κ1) is 14.8. The van der Waals surface area contributed by atoms with Crippen LogP contribution in [0.5, 0.6) is 0 Å². The molecule has 1 atom stereocenters. The molecule has 0 aliphatic carbocycles. The number of hydrogen-bond acceptors (Lipinski definition) is 4. The summed E-state index contributed by atoms with van der Waals surface area (Å²) < 4.78 is 1.05. The van der Waals surface area contributed by atoms with Crippen molar-refractivity contribution in [3.8, 4) is 0 Å². The molecule has 0 saturated carbocycles.